The van der Waals surface area contributed by atoms with Gasteiger partial charge in [0.25, 0.3) is 0 Å². The number of piperidine rings is 1. The van der Waals surface area contributed by atoms with Crippen LogP contribution in [0.15, 0.2) is 103 Å². The molecule has 1 saturated heterocycles. The first kappa shape index (κ1) is 42.5. The second-order valence-electron chi connectivity index (χ2n) is 15.3. The van der Waals surface area contributed by atoms with Crippen molar-refractivity contribution >= 4 is 39.2 Å². The highest BCUT2D eigenvalue weighted by Gasteiger charge is 2.28. The van der Waals surface area contributed by atoms with E-state index in [9.17, 15) is 14.3 Å². The molecule has 62 heavy (non-hydrogen) atoms. The van der Waals surface area contributed by atoms with E-state index in [4.69, 9.17) is 40.5 Å². The van der Waals surface area contributed by atoms with Crippen LogP contribution < -0.4 is 18.9 Å². The van der Waals surface area contributed by atoms with Gasteiger partial charge in [-0.25, -0.2) is 19.2 Å². The van der Waals surface area contributed by atoms with Crippen molar-refractivity contribution in [2.75, 3.05) is 33.9 Å². The van der Waals surface area contributed by atoms with Crippen molar-refractivity contribution in [1.29, 1.82) is 0 Å². The van der Waals surface area contributed by atoms with Crippen molar-refractivity contribution in [1.82, 2.24) is 24.2 Å². The van der Waals surface area contributed by atoms with Crippen molar-refractivity contribution in [3.8, 4) is 56.9 Å². The number of fused-ring (bicyclic) bond motifs is 1. The Morgan fingerprint density at radius 3 is 2.47 bits per heavy atom. The number of pyridine rings is 1. The zero-order chi connectivity index (χ0) is 43.2. The van der Waals surface area contributed by atoms with Gasteiger partial charge in [0.05, 0.1) is 45.8 Å². The number of carboxylic acids is 1. The number of benzene rings is 4. The minimum atomic E-state index is -1.36. The number of carbonyl (C=O) groups is 1. The number of likely N-dealkylation sites (tertiary alicyclic amines) is 1. The molecule has 0 aliphatic carbocycles. The zero-order valence-corrected chi connectivity index (χ0v) is 36.1. The van der Waals surface area contributed by atoms with Gasteiger partial charge in [0, 0.05) is 29.9 Å². The summed E-state index contributed by atoms with van der Waals surface area (Å²) in [6, 6.07) is 26.3. The maximum atomic E-state index is 14.2. The Kier molecular flexibility index (Phi) is 13.2. The fourth-order valence-electron chi connectivity index (χ4n) is 7.72. The summed E-state index contributed by atoms with van der Waals surface area (Å²) < 4.78 is 43.9. The van der Waals surface area contributed by atoms with Crippen molar-refractivity contribution in [3.05, 3.63) is 131 Å². The van der Waals surface area contributed by atoms with Crippen molar-refractivity contribution in [3.63, 3.8) is 0 Å². The maximum absolute atomic E-state index is 14.2. The van der Waals surface area contributed by atoms with E-state index >= 15 is 0 Å². The molecule has 11 nitrogen and oxygen atoms in total. The molecule has 1 fully saturated rings. The molecule has 0 unspecified atom stereocenters. The lowest BCUT2D eigenvalue weighted by molar-refractivity contribution is -0.145. The number of hydrogen-bond acceptors (Lipinski definition) is 11. The minimum absolute atomic E-state index is 0.0412. The number of rotatable bonds is 16. The van der Waals surface area contributed by atoms with Gasteiger partial charge in [-0.3, -0.25) is 4.98 Å². The molecule has 3 aromatic heterocycles. The van der Waals surface area contributed by atoms with Crippen LogP contribution in [0.4, 0.5) is 4.39 Å². The molecule has 0 bridgehead atoms. The molecule has 1 aliphatic heterocycles. The monoisotopic (exact) mass is 873 g/mol. The summed E-state index contributed by atoms with van der Waals surface area (Å²) in [5, 5.41) is 11.6. The molecule has 318 valence electrons. The third-order valence-electron chi connectivity index (χ3n) is 11.2. The van der Waals surface area contributed by atoms with Crippen LogP contribution in [0.3, 0.4) is 0 Å². The molecule has 0 radical (unpaired) electrons. The molecule has 4 heterocycles. The first-order valence-corrected chi connectivity index (χ1v) is 21.5. The zero-order valence-electron chi connectivity index (χ0n) is 34.5. The number of nitrogens with zero attached hydrogens (tertiary/aromatic N) is 5. The topological polar surface area (TPSA) is 129 Å². The predicted octanol–water partition coefficient (Wildman–Crippen LogP) is 10.4. The fraction of sp³-hybridized carbons (Fsp3) is 0.271. The standard InChI is InChI=1S/C48H45ClFN5O6S/c1-29-35(16-17-39(44(29)49)59-25-21-30-19-23-55(2)24-20-30)42-43-41(27-52-45(42)31-12-14-33(50)15-13-31)62-54-47(43)61-40(48(56)57)26-32-8-4-6-10-37(32)60-28-34-18-22-51-46(53-34)36-9-5-7-11-38(36)58-3/h4-18,22,27,30,40H,19-21,23-26,28H2,1-3H3,(H,56,57)/t40-/m1/s1. The van der Waals surface area contributed by atoms with Crippen LogP contribution in [0, 0.1) is 18.7 Å². The second-order valence-corrected chi connectivity index (χ2v) is 16.4. The quantitative estimate of drug-likeness (QED) is 0.0996. The molecule has 0 saturated carbocycles. The molecule has 7 aromatic rings. The molecule has 0 spiro atoms. The van der Waals surface area contributed by atoms with Gasteiger partial charge >= 0.3 is 5.97 Å². The van der Waals surface area contributed by atoms with E-state index in [2.05, 4.69) is 21.3 Å². The maximum Gasteiger partial charge on any atom is 0.345 e. The lowest BCUT2D eigenvalue weighted by Crippen LogP contribution is -2.30. The van der Waals surface area contributed by atoms with Crippen molar-refractivity contribution in [2.45, 2.75) is 45.3 Å². The predicted molar refractivity (Wildman–Crippen MR) is 239 cm³/mol. The Balaban J connectivity index is 1.08. The molecule has 14 heteroatoms. The number of ether oxygens (including phenoxy) is 4. The number of aliphatic carboxylic acids is 1. The molecule has 1 atom stereocenters. The third kappa shape index (κ3) is 9.50. The number of halogens is 2. The van der Waals surface area contributed by atoms with Crippen LogP contribution in [0.5, 0.6) is 23.1 Å². The molecule has 0 amide bonds. The molecular formula is C48H45ClFN5O6S. The van der Waals surface area contributed by atoms with E-state index in [0.717, 1.165) is 60.6 Å². The average Bonchev–Trinajstić information content (AvgIpc) is 3.70. The van der Waals surface area contributed by atoms with Crippen molar-refractivity contribution in [2.24, 2.45) is 5.92 Å². The van der Waals surface area contributed by atoms with E-state index in [1.165, 1.54) is 12.1 Å². The Labute approximate surface area is 368 Å². The number of para-hydroxylation sites is 2. The number of carboxylic acid groups (broad SMARTS) is 1. The van der Waals surface area contributed by atoms with E-state index in [-0.39, 0.29) is 24.7 Å². The smallest absolute Gasteiger partial charge is 0.345 e. The summed E-state index contributed by atoms with van der Waals surface area (Å²) in [5.74, 6) is 1.34. The number of aromatic nitrogens is 4. The van der Waals surface area contributed by atoms with Gasteiger partial charge in [-0.15, -0.1) is 0 Å². The second kappa shape index (κ2) is 19.3. The molecule has 1 N–H and O–H groups in total. The highest BCUT2D eigenvalue weighted by atomic mass is 35.5. The number of hydrogen-bond donors (Lipinski definition) is 1. The lowest BCUT2D eigenvalue weighted by Gasteiger charge is -2.28. The van der Waals surface area contributed by atoms with E-state index < -0.39 is 12.1 Å². The van der Waals surface area contributed by atoms with E-state index in [1.807, 2.05) is 55.5 Å². The van der Waals surface area contributed by atoms with Gasteiger partial charge in [0.2, 0.25) is 12.0 Å². The summed E-state index contributed by atoms with van der Waals surface area (Å²) in [6.07, 6.45) is 5.17. The van der Waals surface area contributed by atoms with Crippen LogP contribution in [-0.2, 0) is 17.8 Å². The third-order valence-corrected chi connectivity index (χ3v) is 12.4. The molecule has 8 rings (SSSR count). The van der Waals surface area contributed by atoms with Crippen LogP contribution in [0.2, 0.25) is 5.02 Å². The van der Waals surface area contributed by atoms with Gasteiger partial charge in [-0.1, -0.05) is 48.0 Å². The Morgan fingerprint density at radius 2 is 1.69 bits per heavy atom. The van der Waals surface area contributed by atoms with E-state index in [0.29, 0.717) is 78.8 Å². The van der Waals surface area contributed by atoms with Crippen LogP contribution >= 0.6 is 23.1 Å². The Bertz CT molecular complexity index is 2690. The first-order chi connectivity index (χ1) is 30.2. The summed E-state index contributed by atoms with van der Waals surface area (Å²) >= 11 is 8.21. The average molecular weight is 874 g/mol. The summed E-state index contributed by atoms with van der Waals surface area (Å²) in [6.45, 7) is 4.74. The van der Waals surface area contributed by atoms with Gasteiger partial charge in [0.1, 0.15) is 29.7 Å². The minimum Gasteiger partial charge on any atom is -0.496 e. The van der Waals surface area contributed by atoms with Crippen LogP contribution in [0.1, 0.15) is 36.1 Å². The van der Waals surface area contributed by atoms with Crippen LogP contribution in [0.25, 0.3) is 43.9 Å². The van der Waals surface area contributed by atoms with Gasteiger partial charge in [-0.2, -0.15) is 4.37 Å². The van der Waals surface area contributed by atoms with Gasteiger partial charge < -0.3 is 29.0 Å². The largest absolute Gasteiger partial charge is 0.496 e. The normalized spacial score (nSPS) is 13.8. The Morgan fingerprint density at radius 1 is 0.935 bits per heavy atom. The van der Waals surface area contributed by atoms with Crippen molar-refractivity contribution < 1.29 is 33.2 Å². The number of methoxy groups -OCH3 is 1. The van der Waals surface area contributed by atoms with Gasteiger partial charge in [-0.05, 0) is 135 Å². The fourth-order valence-corrected chi connectivity index (χ4v) is 8.64. The summed E-state index contributed by atoms with van der Waals surface area (Å²) in [5.41, 5.74) is 5.24. The Hall–Kier alpha value is -6.15. The summed E-state index contributed by atoms with van der Waals surface area (Å²) in [7, 11) is 3.75. The SMILES string of the molecule is COc1ccccc1-c1nccc(COc2ccccc2C[C@@H](Oc2nsc3cnc(-c4ccc(F)cc4)c(-c4ccc(OCCC5CCN(C)CC5)c(Cl)c4C)c23)C(=O)O)n1. The lowest BCUT2D eigenvalue weighted by atomic mass is 9.93. The highest BCUT2D eigenvalue weighted by Crippen LogP contribution is 2.46. The van der Waals surface area contributed by atoms with Gasteiger partial charge in [0.15, 0.2) is 5.82 Å². The van der Waals surface area contributed by atoms with Crippen LogP contribution in [-0.4, -0.2) is 75.3 Å². The molecule has 1 aliphatic rings. The van der Waals surface area contributed by atoms with E-state index in [1.54, 1.807) is 49.8 Å². The summed E-state index contributed by atoms with van der Waals surface area (Å²) in [4.78, 5) is 29.3. The molecular weight excluding hydrogens is 829 g/mol. The first-order valence-electron chi connectivity index (χ1n) is 20.4. The molecule has 4 aromatic carbocycles. The highest BCUT2D eigenvalue weighted by molar-refractivity contribution is 7.13.